The van der Waals surface area contributed by atoms with Crippen LogP contribution in [-0.4, -0.2) is 16.1 Å². The predicted molar refractivity (Wildman–Crippen MR) is 83.9 cm³/mol. The molecule has 0 amide bonds. The lowest BCUT2D eigenvalue weighted by atomic mass is 9.73. The molecule has 21 heavy (non-hydrogen) atoms. The van der Waals surface area contributed by atoms with Gasteiger partial charge < -0.3 is 5.11 Å². The second-order valence-electron chi connectivity index (χ2n) is 6.44. The SMILES string of the molecule is CC1CCC(C(C)C)c2nc3ccccc3c(C(=O)O)c21. The molecule has 3 heteroatoms. The number of hydrogen-bond donors (Lipinski definition) is 1. The number of carboxylic acids is 1. The van der Waals surface area contributed by atoms with Crippen LogP contribution in [0.2, 0.25) is 0 Å². The maximum atomic E-state index is 11.9. The van der Waals surface area contributed by atoms with Gasteiger partial charge in [0.2, 0.25) is 0 Å². The van der Waals surface area contributed by atoms with Crippen LogP contribution in [-0.2, 0) is 0 Å². The van der Waals surface area contributed by atoms with E-state index in [1.54, 1.807) is 0 Å². The normalized spacial score (nSPS) is 21.5. The highest BCUT2D eigenvalue weighted by Crippen LogP contribution is 2.44. The third kappa shape index (κ3) is 2.21. The summed E-state index contributed by atoms with van der Waals surface area (Å²) in [5.41, 5.74) is 3.24. The van der Waals surface area contributed by atoms with Crippen LogP contribution < -0.4 is 0 Å². The molecular formula is C18H21NO2. The van der Waals surface area contributed by atoms with E-state index in [1.165, 1.54) is 0 Å². The lowest BCUT2D eigenvalue weighted by Gasteiger charge is -2.32. The molecule has 1 aromatic carbocycles. The van der Waals surface area contributed by atoms with Crippen LogP contribution in [0.25, 0.3) is 10.9 Å². The van der Waals surface area contributed by atoms with Gasteiger partial charge in [-0.3, -0.25) is 4.98 Å². The Kier molecular flexibility index (Phi) is 3.44. The topological polar surface area (TPSA) is 50.2 Å². The first-order valence-electron chi connectivity index (χ1n) is 7.66. The van der Waals surface area contributed by atoms with E-state index in [2.05, 4.69) is 20.8 Å². The Hall–Kier alpha value is -1.90. The van der Waals surface area contributed by atoms with Crippen LogP contribution >= 0.6 is 0 Å². The molecule has 2 aromatic rings. The van der Waals surface area contributed by atoms with Gasteiger partial charge >= 0.3 is 5.97 Å². The van der Waals surface area contributed by atoms with E-state index < -0.39 is 5.97 Å². The van der Waals surface area contributed by atoms with Crippen LogP contribution in [0.5, 0.6) is 0 Å². The zero-order valence-electron chi connectivity index (χ0n) is 12.8. The van der Waals surface area contributed by atoms with Gasteiger partial charge in [0.05, 0.1) is 11.1 Å². The monoisotopic (exact) mass is 283 g/mol. The number of aromatic nitrogens is 1. The standard InChI is InChI=1S/C18H21NO2/c1-10(2)12-9-8-11(3)15-16(18(20)21)13-6-4-5-7-14(13)19-17(12)15/h4-7,10-12H,8-9H2,1-3H3,(H,20,21). The third-order valence-corrected chi connectivity index (χ3v) is 4.73. The molecule has 0 aliphatic heterocycles. The fraction of sp³-hybridized carbons (Fsp3) is 0.444. The van der Waals surface area contributed by atoms with Crippen molar-refractivity contribution in [3.8, 4) is 0 Å². The first-order chi connectivity index (χ1) is 10.0. The van der Waals surface area contributed by atoms with Crippen LogP contribution in [0.3, 0.4) is 0 Å². The zero-order valence-corrected chi connectivity index (χ0v) is 12.8. The zero-order chi connectivity index (χ0) is 15.1. The van der Waals surface area contributed by atoms with Crippen molar-refractivity contribution in [2.75, 3.05) is 0 Å². The van der Waals surface area contributed by atoms with E-state index in [0.29, 0.717) is 17.4 Å². The average molecular weight is 283 g/mol. The number of carboxylic acid groups (broad SMARTS) is 1. The summed E-state index contributed by atoms with van der Waals surface area (Å²) < 4.78 is 0. The molecule has 0 saturated carbocycles. The molecule has 1 N–H and O–H groups in total. The minimum Gasteiger partial charge on any atom is -0.478 e. The number of carbonyl (C=O) groups is 1. The highest BCUT2D eigenvalue weighted by atomic mass is 16.4. The molecule has 3 rings (SSSR count). The van der Waals surface area contributed by atoms with Gasteiger partial charge in [0.25, 0.3) is 0 Å². The van der Waals surface area contributed by atoms with Gasteiger partial charge in [0.1, 0.15) is 0 Å². The Morgan fingerprint density at radius 1 is 1.29 bits per heavy atom. The number of pyridine rings is 1. The maximum absolute atomic E-state index is 11.9. The molecule has 1 aliphatic rings. The van der Waals surface area contributed by atoms with Gasteiger partial charge in [-0.15, -0.1) is 0 Å². The molecule has 1 aromatic heterocycles. The van der Waals surface area contributed by atoms with Crippen molar-refractivity contribution in [3.63, 3.8) is 0 Å². The molecule has 2 atom stereocenters. The number of aromatic carboxylic acids is 1. The van der Waals surface area contributed by atoms with Crippen LogP contribution in [0, 0.1) is 5.92 Å². The fourth-order valence-electron chi connectivity index (χ4n) is 3.62. The molecule has 0 saturated heterocycles. The quantitative estimate of drug-likeness (QED) is 0.878. The predicted octanol–water partition coefficient (Wildman–Crippen LogP) is 4.57. The summed E-state index contributed by atoms with van der Waals surface area (Å²) in [5.74, 6) is 0.268. The molecule has 1 heterocycles. The number of benzene rings is 1. The smallest absolute Gasteiger partial charge is 0.336 e. The first-order valence-corrected chi connectivity index (χ1v) is 7.66. The van der Waals surface area contributed by atoms with Gasteiger partial charge in [-0.1, -0.05) is 39.0 Å². The number of hydrogen-bond acceptors (Lipinski definition) is 2. The lowest BCUT2D eigenvalue weighted by molar-refractivity contribution is 0.0696. The minimum atomic E-state index is -0.832. The minimum absolute atomic E-state index is 0.262. The van der Waals surface area contributed by atoms with Crippen molar-refractivity contribution < 1.29 is 9.90 Å². The molecule has 110 valence electrons. The lowest BCUT2D eigenvalue weighted by Crippen LogP contribution is -2.22. The van der Waals surface area contributed by atoms with Crippen molar-refractivity contribution in [1.29, 1.82) is 0 Å². The Bertz CT molecular complexity index is 706. The Labute approximate surface area is 125 Å². The third-order valence-electron chi connectivity index (χ3n) is 4.73. The Morgan fingerprint density at radius 2 is 2.00 bits per heavy atom. The van der Waals surface area contributed by atoms with E-state index in [9.17, 15) is 9.90 Å². The molecular weight excluding hydrogens is 262 g/mol. The highest BCUT2D eigenvalue weighted by molar-refractivity contribution is 6.04. The van der Waals surface area contributed by atoms with Crippen LogP contribution in [0.4, 0.5) is 0 Å². The molecule has 0 spiro atoms. The van der Waals surface area contributed by atoms with E-state index in [1.807, 2.05) is 24.3 Å². The molecule has 0 bridgehead atoms. The Morgan fingerprint density at radius 3 is 2.67 bits per heavy atom. The van der Waals surface area contributed by atoms with Crippen molar-refractivity contribution in [2.45, 2.75) is 45.4 Å². The Balaban J connectivity index is 2.39. The largest absolute Gasteiger partial charge is 0.478 e. The second-order valence-corrected chi connectivity index (χ2v) is 6.44. The fourth-order valence-corrected chi connectivity index (χ4v) is 3.62. The molecule has 2 unspecified atom stereocenters. The highest BCUT2D eigenvalue weighted by Gasteiger charge is 2.33. The van der Waals surface area contributed by atoms with E-state index in [-0.39, 0.29) is 5.92 Å². The molecule has 3 nitrogen and oxygen atoms in total. The van der Waals surface area contributed by atoms with Crippen molar-refractivity contribution in [2.24, 2.45) is 5.92 Å². The van der Waals surface area contributed by atoms with E-state index in [0.717, 1.165) is 35.0 Å². The molecule has 1 aliphatic carbocycles. The summed E-state index contributed by atoms with van der Waals surface area (Å²) in [4.78, 5) is 16.7. The van der Waals surface area contributed by atoms with Gasteiger partial charge in [0.15, 0.2) is 0 Å². The summed E-state index contributed by atoms with van der Waals surface area (Å²) in [6.45, 7) is 6.52. The summed E-state index contributed by atoms with van der Waals surface area (Å²) in [6.07, 6.45) is 2.13. The molecule has 0 fully saturated rings. The number of para-hydroxylation sites is 1. The van der Waals surface area contributed by atoms with Crippen LogP contribution in [0.1, 0.15) is 67.1 Å². The van der Waals surface area contributed by atoms with Crippen molar-refractivity contribution in [3.05, 3.63) is 41.1 Å². The molecule has 0 radical (unpaired) electrons. The van der Waals surface area contributed by atoms with Gasteiger partial charge in [-0.25, -0.2) is 4.79 Å². The first kappa shape index (κ1) is 14.1. The van der Waals surface area contributed by atoms with E-state index in [4.69, 9.17) is 4.98 Å². The van der Waals surface area contributed by atoms with Gasteiger partial charge in [-0.2, -0.15) is 0 Å². The second kappa shape index (κ2) is 5.14. The number of fused-ring (bicyclic) bond motifs is 2. The average Bonchev–Trinajstić information content (AvgIpc) is 2.44. The summed E-state index contributed by atoms with van der Waals surface area (Å²) in [6, 6.07) is 7.59. The summed E-state index contributed by atoms with van der Waals surface area (Å²) >= 11 is 0. The van der Waals surface area contributed by atoms with Crippen LogP contribution in [0.15, 0.2) is 24.3 Å². The van der Waals surface area contributed by atoms with E-state index >= 15 is 0 Å². The number of nitrogens with zero attached hydrogens (tertiary/aromatic N) is 1. The summed E-state index contributed by atoms with van der Waals surface area (Å²) in [5, 5.41) is 10.5. The van der Waals surface area contributed by atoms with Gasteiger partial charge in [-0.05, 0) is 36.3 Å². The van der Waals surface area contributed by atoms with Crippen molar-refractivity contribution >= 4 is 16.9 Å². The maximum Gasteiger partial charge on any atom is 0.336 e. The number of rotatable bonds is 2. The van der Waals surface area contributed by atoms with Gasteiger partial charge in [0, 0.05) is 17.0 Å². The van der Waals surface area contributed by atoms with Crippen molar-refractivity contribution in [1.82, 2.24) is 4.98 Å². The summed E-state index contributed by atoms with van der Waals surface area (Å²) in [7, 11) is 0.